The molecule has 2 N–H and O–H groups in total. The third kappa shape index (κ3) is 6.28. The highest BCUT2D eigenvalue weighted by atomic mass is 32.2. The van der Waals surface area contributed by atoms with Crippen molar-refractivity contribution in [3.63, 3.8) is 0 Å². The Morgan fingerprint density at radius 2 is 2.09 bits per heavy atom. The van der Waals surface area contributed by atoms with Crippen molar-refractivity contribution in [1.82, 2.24) is 4.72 Å². The van der Waals surface area contributed by atoms with E-state index >= 15 is 0 Å². The normalized spacial score (nSPS) is 14.8. The lowest BCUT2D eigenvalue weighted by Crippen LogP contribution is -2.32. The first-order chi connectivity index (χ1) is 4.98. The SMILES string of the molecule is CCCS(=O)(=O)NCC(C)O. The maximum atomic E-state index is 10.9. The fourth-order valence-electron chi connectivity index (χ4n) is 0.588. The van der Waals surface area contributed by atoms with Crippen molar-refractivity contribution >= 4 is 10.0 Å². The van der Waals surface area contributed by atoms with Gasteiger partial charge in [-0.05, 0) is 13.3 Å². The minimum Gasteiger partial charge on any atom is -0.392 e. The van der Waals surface area contributed by atoms with Gasteiger partial charge in [-0.3, -0.25) is 0 Å². The molecule has 0 aromatic rings. The van der Waals surface area contributed by atoms with Gasteiger partial charge in [0.15, 0.2) is 0 Å². The van der Waals surface area contributed by atoms with Crippen molar-refractivity contribution in [3.8, 4) is 0 Å². The van der Waals surface area contributed by atoms with Crippen molar-refractivity contribution in [1.29, 1.82) is 0 Å². The molecule has 4 nitrogen and oxygen atoms in total. The zero-order valence-corrected chi connectivity index (χ0v) is 7.69. The second-order valence-corrected chi connectivity index (χ2v) is 4.44. The number of sulfonamides is 1. The molecule has 0 aromatic carbocycles. The van der Waals surface area contributed by atoms with Crippen LogP contribution in [-0.4, -0.2) is 31.9 Å². The van der Waals surface area contributed by atoms with Crippen LogP contribution < -0.4 is 4.72 Å². The molecular weight excluding hydrogens is 166 g/mol. The summed E-state index contributed by atoms with van der Waals surface area (Å²) in [7, 11) is -3.14. The summed E-state index contributed by atoms with van der Waals surface area (Å²) in [6.45, 7) is 3.43. The highest BCUT2D eigenvalue weighted by Crippen LogP contribution is 1.88. The summed E-state index contributed by atoms with van der Waals surface area (Å²) in [5, 5.41) is 8.76. The molecule has 0 saturated carbocycles. The largest absolute Gasteiger partial charge is 0.392 e. The van der Waals surface area contributed by atoms with Gasteiger partial charge >= 0.3 is 0 Å². The number of hydrogen-bond acceptors (Lipinski definition) is 3. The van der Waals surface area contributed by atoms with E-state index in [-0.39, 0.29) is 12.3 Å². The Bertz CT molecular complexity index is 186. The number of hydrogen-bond donors (Lipinski definition) is 2. The topological polar surface area (TPSA) is 66.4 Å². The van der Waals surface area contributed by atoms with Gasteiger partial charge in [-0.2, -0.15) is 0 Å². The predicted molar refractivity (Wildman–Crippen MR) is 43.8 cm³/mol. The molecule has 11 heavy (non-hydrogen) atoms. The molecular formula is C6H15NO3S. The fraction of sp³-hybridized carbons (Fsp3) is 1.00. The van der Waals surface area contributed by atoms with E-state index in [0.717, 1.165) is 0 Å². The first-order valence-electron chi connectivity index (χ1n) is 3.63. The minimum atomic E-state index is -3.14. The summed E-state index contributed by atoms with van der Waals surface area (Å²) in [6.07, 6.45) is -0.0311. The summed E-state index contributed by atoms with van der Waals surface area (Å²) in [6, 6.07) is 0. The van der Waals surface area contributed by atoms with Crippen molar-refractivity contribution in [2.75, 3.05) is 12.3 Å². The van der Waals surface area contributed by atoms with Crippen LogP contribution in [0.3, 0.4) is 0 Å². The van der Waals surface area contributed by atoms with E-state index in [2.05, 4.69) is 4.72 Å². The van der Waals surface area contributed by atoms with E-state index in [9.17, 15) is 8.42 Å². The van der Waals surface area contributed by atoms with E-state index in [1.165, 1.54) is 6.92 Å². The molecule has 0 aromatic heterocycles. The van der Waals surface area contributed by atoms with Crippen LogP contribution in [0.1, 0.15) is 20.3 Å². The highest BCUT2D eigenvalue weighted by molar-refractivity contribution is 7.89. The molecule has 0 aliphatic heterocycles. The summed E-state index contributed by atoms with van der Waals surface area (Å²) in [5.74, 6) is 0.125. The molecule has 0 amide bonds. The zero-order valence-electron chi connectivity index (χ0n) is 6.87. The Labute approximate surface area is 67.7 Å². The summed E-state index contributed by atoms with van der Waals surface area (Å²) < 4.78 is 24.1. The third-order valence-electron chi connectivity index (χ3n) is 1.07. The maximum absolute atomic E-state index is 10.9. The molecule has 0 rings (SSSR count). The average Bonchev–Trinajstić information content (AvgIpc) is 1.84. The number of aliphatic hydroxyl groups excluding tert-OH is 1. The van der Waals surface area contributed by atoms with Crippen LogP contribution in [0.25, 0.3) is 0 Å². The van der Waals surface area contributed by atoms with Gasteiger partial charge in [-0.1, -0.05) is 6.92 Å². The zero-order chi connectivity index (χ0) is 8.91. The number of nitrogens with one attached hydrogen (secondary N) is 1. The highest BCUT2D eigenvalue weighted by Gasteiger charge is 2.08. The lowest BCUT2D eigenvalue weighted by atomic mass is 10.4. The van der Waals surface area contributed by atoms with E-state index in [1.807, 2.05) is 0 Å². The van der Waals surface area contributed by atoms with Crippen LogP contribution in [0.4, 0.5) is 0 Å². The van der Waals surface area contributed by atoms with Gasteiger partial charge in [-0.25, -0.2) is 13.1 Å². The average molecular weight is 181 g/mol. The lowest BCUT2D eigenvalue weighted by molar-refractivity contribution is 0.198. The van der Waals surface area contributed by atoms with Crippen molar-refractivity contribution < 1.29 is 13.5 Å². The monoisotopic (exact) mass is 181 g/mol. The second-order valence-electron chi connectivity index (χ2n) is 2.52. The van der Waals surface area contributed by atoms with Gasteiger partial charge in [-0.15, -0.1) is 0 Å². The van der Waals surface area contributed by atoms with E-state index in [0.29, 0.717) is 6.42 Å². The quantitative estimate of drug-likeness (QED) is 0.612. The van der Waals surface area contributed by atoms with Crippen molar-refractivity contribution in [2.24, 2.45) is 0 Å². The maximum Gasteiger partial charge on any atom is 0.211 e. The summed E-state index contributed by atoms with van der Waals surface area (Å²) >= 11 is 0. The molecule has 1 atom stereocenters. The van der Waals surface area contributed by atoms with E-state index in [4.69, 9.17) is 5.11 Å². The molecule has 0 spiro atoms. The van der Waals surface area contributed by atoms with E-state index in [1.54, 1.807) is 6.92 Å². The first kappa shape index (κ1) is 10.9. The number of rotatable bonds is 5. The van der Waals surface area contributed by atoms with Crippen molar-refractivity contribution in [2.45, 2.75) is 26.4 Å². The molecule has 0 radical (unpaired) electrons. The molecule has 0 saturated heterocycles. The molecule has 0 heterocycles. The Morgan fingerprint density at radius 3 is 2.45 bits per heavy atom. The third-order valence-corrected chi connectivity index (χ3v) is 2.62. The molecule has 0 bridgehead atoms. The van der Waals surface area contributed by atoms with Crippen LogP contribution in [0.15, 0.2) is 0 Å². The Hall–Kier alpha value is -0.130. The molecule has 1 unspecified atom stereocenters. The van der Waals surface area contributed by atoms with Crippen LogP contribution >= 0.6 is 0 Å². The smallest absolute Gasteiger partial charge is 0.211 e. The van der Waals surface area contributed by atoms with Gasteiger partial charge in [0.25, 0.3) is 0 Å². The van der Waals surface area contributed by atoms with Crippen LogP contribution in [0.5, 0.6) is 0 Å². The van der Waals surface area contributed by atoms with Crippen LogP contribution in [0.2, 0.25) is 0 Å². The molecule has 0 aliphatic rings. The van der Waals surface area contributed by atoms with Crippen LogP contribution in [0, 0.1) is 0 Å². The van der Waals surface area contributed by atoms with Gasteiger partial charge in [0.1, 0.15) is 0 Å². The van der Waals surface area contributed by atoms with E-state index < -0.39 is 16.1 Å². The van der Waals surface area contributed by atoms with Gasteiger partial charge in [0.05, 0.1) is 11.9 Å². The second kappa shape index (κ2) is 4.69. The first-order valence-corrected chi connectivity index (χ1v) is 5.28. The Morgan fingerprint density at radius 1 is 1.55 bits per heavy atom. The van der Waals surface area contributed by atoms with Crippen LogP contribution in [-0.2, 0) is 10.0 Å². The molecule has 0 aliphatic carbocycles. The van der Waals surface area contributed by atoms with Gasteiger partial charge < -0.3 is 5.11 Å². The Kier molecular flexibility index (Phi) is 4.63. The predicted octanol–water partition coefficient (Wildman–Crippen LogP) is -0.303. The molecule has 5 heteroatoms. The summed E-state index contributed by atoms with van der Waals surface area (Å²) in [4.78, 5) is 0. The number of aliphatic hydroxyl groups is 1. The lowest BCUT2D eigenvalue weighted by Gasteiger charge is -2.06. The summed E-state index contributed by atoms with van der Waals surface area (Å²) in [5.41, 5.74) is 0. The minimum absolute atomic E-state index is 0.0995. The molecule has 68 valence electrons. The Balaban J connectivity index is 3.74. The molecule has 0 fully saturated rings. The van der Waals surface area contributed by atoms with Gasteiger partial charge in [0.2, 0.25) is 10.0 Å². The van der Waals surface area contributed by atoms with Crippen molar-refractivity contribution in [3.05, 3.63) is 0 Å². The van der Waals surface area contributed by atoms with Gasteiger partial charge in [0, 0.05) is 6.54 Å². The standard InChI is InChI=1S/C6H15NO3S/c1-3-4-11(9,10)7-5-6(2)8/h6-8H,3-5H2,1-2H3. The fourth-order valence-corrected chi connectivity index (χ4v) is 1.77.